The Labute approximate surface area is 202 Å². The Hall–Kier alpha value is -3.90. The van der Waals surface area contributed by atoms with Gasteiger partial charge in [-0.15, -0.1) is 0 Å². The van der Waals surface area contributed by atoms with Gasteiger partial charge in [0.25, 0.3) is 5.69 Å². The van der Waals surface area contributed by atoms with Crippen molar-refractivity contribution in [2.24, 2.45) is 0 Å². The first kappa shape index (κ1) is 27.3. The van der Waals surface area contributed by atoms with Crippen LogP contribution in [0.15, 0.2) is 36.4 Å². The molecule has 1 heterocycles. The van der Waals surface area contributed by atoms with Crippen molar-refractivity contribution >= 4 is 17.6 Å². The molecule has 0 bridgehead atoms. The summed E-state index contributed by atoms with van der Waals surface area (Å²) in [5, 5.41) is 25.7. The maximum absolute atomic E-state index is 11.0. The Bertz CT molecular complexity index is 1020. The van der Waals surface area contributed by atoms with Gasteiger partial charge in [0.15, 0.2) is 11.5 Å². The van der Waals surface area contributed by atoms with E-state index in [0.29, 0.717) is 17.2 Å². The molecule has 0 radical (unpaired) electrons. The Morgan fingerprint density at radius 1 is 0.886 bits per heavy atom. The predicted molar refractivity (Wildman–Crippen MR) is 125 cm³/mol. The van der Waals surface area contributed by atoms with Crippen molar-refractivity contribution in [2.45, 2.75) is 13.1 Å². The fourth-order valence-corrected chi connectivity index (χ4v) is 3.66. The monoisotopic (exact) mass is 491 g/mol. The number of non-ortho nitro benzene ring substituents is 1. The van der Waals surface area contributed by atoms with Gasteiger partial charge < -0.3 is 24.4 Å². The molecule has 0 atom stereocenters. The van der Waals surface area contributed by atoms with Crippen LogP contribution in [0.25, 0.3) is 0 Å². The third kappa shape index (κ3) is 7.83. The second kappa shape index (κ2) is 13.1. The molecule has 2 aromatic rings. The molecular formula is C23H29N3O9. The number of nitro groups is 1. The molecule has 0 unspecified atom stereocenters. The van der Waals surface area contributed by atoms with E-state index in [9.17, 15) is 10.1 Å². The molecule has 12 heteroatoms. The molecule has 2 aromatic carbocycles. The topological polar surface area (TPSA) is 152 Å². The number of carboxylic acids is 2. The molecule has 1 aliphatic rings. The molecule has 0 amide bonds. The largest absolute Gasteiger partial charge is 0.493 e. The summed E-state index contributed by atoms with van der Waals surface area (Å²) in [6, 6.07) is 10.8. The Balaban J connectivity index is 0.000000641. The first-order valence-corrected chi connectivity index (χ1v) is 10.6. The van der Waals surface area contributed by atoms with E-state index < -0.39 is 11.9 Å². The average Bonchev–Trinajstić information content (AvgIpc) is 2.85. The molecular weight excluding hydrogens is 462 g/mol. The van der Waals surface area contributed by atoms with E-state index in [1.54, 1.807) is 33.5 Å². The zero-order valence-corrected chi connectivity index (χ0v) is 19.8. The van der Waals surface area contributed by atoms with E-state index in [2.05, 4.69) is 9.80 Å². The van der Waals surface area contributed by atoms with Crippen LogP contribution in [0.2, 0.25) is 0 Å². The van der Waals surface area contributed by atoms with Crippen LogP contribution in [0.3, 0.4) is 0 Å². The van der Waals surface area contributed by atoms with Gasteiger partial charge in [0.1, 0.15) is 0 Å². The van der Waals surface area contributed by atoms with Gasteiger partial charge in [-0.2, -0.15) is 0 Å². The summed E-state index contributed by atoms with van der Waals surface area (Å²) < 4.78 is 16.4. The minimum Gasteiger partial charge on any atom is -0.493 e. The van der Waals surface area contributed by atoms with Crippen molar-refractivity contribution in [2.75, 3.05) is 47.5 Å². The van der Waals surface area contributed by atoms with E-state index in [0.717, 1.165) is 50.4 Å². The normalized spacial score (nSPS) is 13.8. The number of hydrogen-bond acceptors (Lipinski definition) is 9. The molecule has 3 rings (SSSR count). The third-order valence-electron chi connectivity index (χ3n) is 5.36. The molecule has 0 aliphatic carbocycles. The van der Waals surface area contributed by atoms with Crippen molar-refractivity contribution < 1.29 is 38.9 Å². The predicted octanol–water partition coefficient (Wildman–Crippen LogP) is 2.09. The molecule has 1 saturated heterocycles. The van der Waals surface area contributed by atoms with Gasteiger partial charge in [-0.1, -0.05) is 18.2 Å². The smallest absolute Gasteiger partial charge is 0.414 e. The number of rotatable bonds is 8. The number of carbonyl (C=O) groups is 2. The van der Waals surface area contributed by atoms with Crippen LogP contribution in [0.5, 0.6) is 17.2 Å². The quantitative estimate of drug-likeness (QED) is 0.317. The molecule has 35 heavy (non-hydrogen) atoms. The number of hydrogen-bond donors (Lipinski definition) is 2. The maximum Gasteiger partial charge on any atom is 0.414 e. The lowest BCUT2D eigenvalue weighted by atomic mass is 10.1. The maximum atomic E-state index is 11.0. The number of methoxy groups -OCH3 is 3. The van der Waals surface area contributed by atoms with E-state index in [-0.39, 0.29) is 10.6 Å². The van der Waals surface area contributed by atoms with Gasteiger partial charge in [-0.05, 0) is 11.6 Å². The van der Waals surface area contributed by atoms with Crippen molar-refractivity contribution in [3.8, 4) is 17.2 Å². The van der Waals surface area contributed by atoms with Gasteiger partial charge in [0, 0.05) is 57.0 Å². The highest BCUT2D eigenvalue weighted by Gasteiger charge is 2.21. The molecule has 1 fully saturated rings. The van der Waals surface area contributed by atoms with E-state index in [1.165, 1.54) is 6.07 Å². The molecule has 12 nitrogen and oxygen atoms in total. The summed E-state index contributed by atoms with van der Waals surface area (Å²) in [6.07, 6.45) is 0. The summed E-state index contributed by atoms with van der Waals surface area (Å²) >= 11 is 0. The zero-order chi connectivity index (χ0) is 26.0. The van der Waals surface area contributed by atoms with E-state index >= 15 is 0 Å². The van der Waals surface area contributed by atoms with Crippen LogP contribution < -0.4 is 14.2 Å². The molecule has 0 saturated carbocycles. The van der Waals surface area contributed by atoms with Gasteiger partial charge in [-0.3, -0.25) is 19.9 Å². The summed E-state index contributed by atoms with van der Waals surface area (Å²) in [6.45, 7) is 5.10. The molecule has 2 N–H and O–H groups in total. The van der Waals surface area contributed by atoms with Crippen LogP contribution in [-0.4, -0.2) is 84.4 Å². The zero-order valence-electron chi connectivity index (χ0n) is 19.8. The minimum absolute atomic E-state index is 0.140. The summed E-state index contributed by atoms with van der Waals surface area (Å²) in [5.41, 5.74) is 2.16. The van der Waals surface area contributed by atoms with Crippen LogP contribution >= 0.6 is 0 Å². The van der Waals surface area contributed by atoms with Crippen LogP contribution in [0.4, 0.5) is 5.69 Å². The van der Waals surface area contributed by atoms with Crippen LogP contribution in [0, 0.1) is 10.1 Å². The lowest BCUT2D eigenvalue weighted by Gasteiger charge is -2.35. The fraction of sp³-hybridized carbons (Fsp3) is 0.391. The molecule has 0 spiro atoms. The van der Waals surface area contributed by atoms with Crippen LogP contribution in [-0.2, 0) is 22.7 Å². The van der Waals surface area contributed by atoms with E-state index in [4.69, 9.17) is 34.0 Å². The number of benzene rings is 2. The number of carboxylic acid groups (broad SMARTS) is 2. The number of aliphatic carboxylic acids is 2. The first-order valence-electron chi connectivity index (χ1n) is 10.6. The second-order valence-electron chi connectivity index (χ2n) is 7.58. The summed E-state index contributed by atoms with van der Waals surface area (Å²) in [5.74, 6) is -1.69. The highest BCUT2D eigenvalue weighted by Crippen LogP contribution is 2.40. The first-order chi connectivity index (χ1) is 16.7. The number of ether oxygens (including phenoxy) is 3. The SMILES string of the molecule is COc1ccc(CN2CCN(Cc3cccc([N+](=O)[O-])c3)CC2)c(OC)c1OC.O=C(O)C(=O)O. The number of piperazine rings is 1. The summed E-state index contributed by atoms with van der Waals surface area (Å²) in [7, 11) is 4.85. The fourth-order valence-electron chi connectivity index (χ4n) is 3.66. The van der Waals surface area contributed by atoms with Crippen molar-refractivity contribution in [1.29, 1.82) is 0 Å². The molecule has 190 valence electrons. The number of nitrogens with zero attached hydrogens (tertiary/aromatic N) is 3. The van der Waals surface area contributed by atoms with Gasteiger partial charge >= 0.3 is 11.9 Å². The standard InChI is InChI=1S/C21H27N3O5.C2H2O4/c1-27-19-8-7-17(20(28-2)21(19)29-3)15-23-11-9-22(10-12-23)14-16-5-4-6-18(13-16)24(25)26;3-1(4)2(5)6/h4-8,13H,9-12,14-15H2,1-3H3;(H,3,4)(H,5,6). The van der Waals surface area contributed by atoms with Crippen LogP contribution in [0.1, 0.15) is 11.1 Å². The molecule has 1 aliphatic heterocycles. The lowest BCUT2D eigenvalue weighted by Crippen LogP contribution is -2.45. The Morgan fingerprint density at radius 3 is 1.94 bits per heavy atom. The van der Waals surface area contributed by atoms with Crippen molar-refractivity contribution in [3.63, 3.8) is 0 Å². The van der Waals surface area contributed by atoms with Crippen molar-refractivity contribution in [1.82, 2.24) is 9.80 Å². The Morgan fingerprint density at radius 2 is 1.46 bits per heavy atom. The number of nitro benzene ring substituents is 1. The highest BCUT2D eigenvalue weighted by atomic mass is 16.6. The van der Waals surface area contributed by atoms with Gasteiger partial charge in [0.2, 0.25) is 5.75 Å². The highest BCUT2D eigenvalue weighted by molar-refractivity contribution is 6.27. The third-order valence-corrected chi connectivity index (χ3v) is 5.36. The van der Waals surface area contributed by atoms with Crippen molar-refractivity contribution in [3.05, 3.63) is 57.6 Å². The summed E-state index contributed by atoms with van der Waals surface area (Å²) in [4.78, 5) is 33.5. The van der Waals surface area contributed by atoms with Gasteiger partial charge in [-0.25, -0.2) is 9.59 Å². The Kier molecular flexibility index (Phi) is 10.2. The molecule has 0 aromatic heterocycles. The second-order valence-corrected chi connectivity index (χ2v) is 7.58. The van der Waals surface area contributed by atoms with E-state index in [1.807, 2.05) is 18.2 Å². The minimum atomic E-state index is -1.82. The van der Waals surface area contributed by atoms with Gasteiger partial charge in [0.05, 0.1) is 26.3 Å². The lowest BCUT2D eigenvalue weighted by molar-refractivity contribution is -0.384. The average molecular weight is 491 g/mol.